The van der Waals surface area contributed by atoms with Gasteiger partial charge in [-0.25, -0.2) is 4.79 Å². The Morgan fingerprint density at radius 3 is 2.55 bits per heavy atom. The first-order chi connectivity index (χ1) is 19.6. The monoisotopic (exact) mass is 559 g/mol. The number of nitrogens with one attached hydrogen (secondary N) is 1. The van der Waals surface area contributed by atoms with Gasteiger partial charge >= 0.3 is 6.09 Å². The molecule has 206 valence electrons. The van der Waals surface area contributed by atoms with Gasteiger partial charge in [-0.15, -0.1) is 0 Å². The average Bonchev–Trinajstić information content (AvgIpc) is 3.63. The van der Waals surface area contributed by atoms with E-state index >= 15 is 0 Å². The van der Waals surface area contributed by atoms with Crippen molar-refractivity contribution in [3.8, 4) is 17.2 Å². The molecule has 0 fully saturated rings. The number of aromatic amines is 1. The van der Waals surface area contributed by atoms with Crippen LogP contribution in [0.5, 0.6) is 17.2 Å². The molecule has 3 aromatic carbocycles. The summed E-state index contributed by atoms with van der Waals surface area (Å²) >= 11 is 6.34. The maximum absolute atomic E-state index is 13.5. The van der Waals surface area contributed by atoms with E-state index in [1.807, 2.05) is 47.5 Å². The molecule has 1 unspecified atom stereocenters. The van der Waals surface area contributed by atoms with Crippen molar-refractivity contribution in [2.24, 2.45) is 10.3 Å². The quantitative estimate of drug-likeness (QED) is 0.251. The van der Waals surface area contributed by atoms with Crippen LogP contribution < -0.4 is 14.2 Å². The van der Waals surface area contributed by atoms with Crippen LogP contribution >= 0.6 is 11.6 Å². The molecule has 0 spiro atoms. The number of aromatic nitrogens is 1. The minimum Gasteiger partial charge on any atom is -0.497 e. The number of ether oxygens (including phenoxy) is 3. The largest absolute Gasteiger partial charge is 0.497 e. The third kappa shape index (κ3) is 5.42. The van der Waals surface area contributed by atoms with Crippen LogP contribution in [-0.2, 0) is 6.42 Å². The number of rotatable bonds is 8. The molecule has 2 aliphatic rings. The van der Waals surface area contributed by atoms with Crippen LogP contribution in [0.4, 0.5) is 4.79 Å². The number of fused-ring (bicyclic) bond motifs is 3. The second-order valence-corrected chi connectivity index (χ2v) is 10.2. The molecular weight excluding hydrogens is 530 g/mol. The maximum Gasteiger partial charge on any atom is 0.416 e. The van der Waals surface area contributed by atoms with Crippen molar-refractivity contribution < 1.29 is 19.0 Å². The lowest BCUT2D eigenvalue weighted by molar-refractivity contribution is 0.135. The summed E-state index contributed by atoms with van der Waals surface area (Å²) in [5, 5.41) is 11.8. The van der Waals surface area contributed by atoms with Gasteiger partial charge in [-0.2, -0.15) is 5.11 Å². The number of benzene rings is 3. The molecule has 0 saturated heterocycles. The molecule has 6 rings (SSSR count). The number of amides is 1. The third-order valence-electron chi connectivity index (χ3n) is 7.26. The Balaban J connectivity index is 1.24. The second-order valence-electron chi connectivity index (χ2n) is 9.78. The lowest BCUT2D eigenvalue weighted by Gasteiger charge is -2.35. The number of methoxy groups -OCH3 is 1. The van der Waals surface area contributed by atoms with E-state index in [0.29, 0.717) is 36.1 Å². The van der Waals surface area contributed by atoms with Crippen molar-refractivity contribution in [1.82, 2.24) is 14.9 Å². The van der Waals surface area contributed by atoms with Crippen LogP contribution in [0.2, 0.25) is 5.02 Å². The number of carbonyl (C=O) groups is 1. The summed E-state index contributed by atoms with van der Waals surface area (Å²) < 4.78 is 17.0. The van der Waals surface area contributed by atoms with E-state index in [4.69, 9.17) is 25.8 Å². The van der Waals surface area contributed by atoms with Crippen molar-refractivity contribution in [3.05, 3.63) is 88.6 Å². The molecule has 0 bridgehead atoms. The second kappa shape index (κ2) is 11.5. The molecule has 1 aromatic heterocycles. The van der Waals surface area contributed by atoms with Gasteiger partial charge in [0, 0.05) is 41.1 Å². The van der Waals surface area contributed by atoms with Crippen molar-refractivity contribution in [2.75, 3.05) is 39.9 Å². The molecule has 9 nitrogen and oxygen atoms in total. The van der Waals surface area contributed by atoms with Crippen LogP contribution in [0.25, 0.3) is 10.9 Å². The van der Waals surface area contributed by atoms with Crippen LogP contribution in [-0.4, -0.2) is 60.9 Å². The van der Waals surface area contributed by atoms with E-state index in [-0.39, 0.29) is 6.04 Å². The lowest BCUT2D eigenvalue weighted by atomic mass is 9.92. The number of hydrogen-bond acceptors (Lipinski definition) is 7. The SMILES string of the molecule is COc1ccc(OC(=O)N2CCc3c([nH]c4ccc(Cl)cc34)C2c2ccc(OCCCN3CCN=N3)cc2)cc1. The zero-order valence-electron chi connectivity index (χ0n) is 22.2. The van der Waals surface area contributed by atoms with Gasteiger partial charge in [0.1, 0.15) is 23.3 Å². The number of halogens is 1. The molecule has 1 atom stereocenters. The van der Waals surface area contributed by atoms with Gasteiger partial charge in [-0.1, -0.05) is 29.0 Å². The molecule has 0 saturated carbocycles. The summed E-state index contributed by atoms with van der Waals surface area (Å²) in [6.45, 7) is 3.54. The minimum atomic E-state index is -0.420. The number of nitrogens with zero attached hydrogens (tertiary/aromatic N) is 4. The summed E-state index contributed by atoms with van der Waals surface area (Å²) in [5.41, 5.74) is 4.07. The number of hydrogen-bond donors (Lipinski definition) is 1. The highest BCUT2D eigenvalue weighted by Gasteiger charge is 2.35. The van der Waals surface area contributed by atoms with Gasteiger partial charge in [0.05, 0.1) is 26.8 Å². The van der Waals surface area contributed by atoms with E-state index in [1.54, 1.807) is 36.3 Å². The smallest absolute Gasteiger partial charge is 0.416 e. The van der Waals surface area contributed by atoms with Crippen molar-refractivity contribution in [1.29, 1.82) is 0 Å². The molecule has 1 amide bonds. The van der Waals surface area contributed by atoms with E-state index in [0.717, 1.165) is 59.5 Å². The highest BCUT2D eigenvalue weighted by atomic mass is 35.5. The summed E-state index contributed by atoms with van der Waals surface area (Å²) in [7, 11) is 1.60. The Labute approximate surface area is 237 Å². The van der Waals surface area contributed by atoms with Gasteiger partial charge in [0.2, 0.25) is 0 Å². The Hall–Kier alpha value is -4.24. The van der Waals surface area contributed by atoms with E-state index in [1.165, 1.54) is 0 Å². The summed E-state index contributed by atoms with van der Waals surface area (Å²) in [4.78, 5) is 18.9. The van der Waals surface area contributed by atoms with Gasteiger partial charge in [0.15, 0.2) is 0 Å². The van der Waals surface area contributed by atoms with E-state index in [2.05, 4.69) is 15.3 Å². The first kappa shape index (κ1) is 26.0. The predicted octanol–water partition coefficient (Wildman–Crippen LogP) is 6.43. The number of carbonyl (C=O) groups excluding carboxylic acids is 1. The highest BCUT2D eigenvalue weighted by Crippen LogP contribution is 2.40. The van der Waals surface area contributed by atoms with Crippen LogP contribution in [0.15, 0.2) is 77.1 Å². The van der Waals surface area contributed by atoms with Gasteiger partial charge in [-0.3, -0.25) is 9.91 Å². The fourth-order valence-electron chi connectivity index (χ4n) is 5.29. The topological polar surface area (TPSA) is 91.8 Å². The molecule has 10 heteroatoms. The normalized spacial score (nSPS) is 16.3. The standard InChI is InChI=1S/C30H30ClN5O4/c1-38-22-8-10-24(11-9-22)40-30(37)36-16-13-25-26-19-21(31)5-12-27(26)33-28(25)29(36)20-3-6-23(7-4-20)39-18-2-15-35-17-14-32-34-35/h3-12,19,29,33H,2,13-18H2,1H3. The minimum absolute atomic E-state index is 0.366. The molecule has 1 N–H and O–H groups in total. The molecular formula is C30H30ClN5O4. The van der Waals surface area contributed by atoms with E-state index in [9.17, 15) is 4.79 Å². The summed E-state index contributed by atoms with van der Waals surface area (Å²) in [5.74, 6) is 1.93. The average molecular weight is 560 g/mol. The van der Waals surface area contributed by atoms with Crippen LogP contribution in [0, 0.1) is 0 Å². The third-order valence-corrected chi connectivity index (χ3v) is 7.50. The van der Waals surface area contributed by atoms with Crippen molar-refractivity contribution in [3.63, 3.8) is 0 Å². The molecule has 2 aliphatic heterocycles. The Morgan fingerprint density at radius 1 is 1.02 bits per heavy atom. The highest BCUT2D eigenvalue weighted by molar-refractivity contribution is 6.31. The zero-order valence-corrected chi connectivity index (χ0v) is 22.9. The Kier molecular flexibility index (Phi) is 7.46. The molecule has 0 aliphatic carbocycles. The first-order valence-corrected chi connectivity index (χ1v) is 13.7. The van der Waals surface area contributed by atoms with Crippen LogP contribution in [0.1, 0.15) is 29.3 Å². The van der Waals surface area contributed by atoms with Gasteiger partial charge in [0.25, 0.3) is 0 Å². The van der Waals surface area contributed by atoms with Crippen molar-refractivity contribution in [2.45, 2.75) is 18.9 Å². The summed E-state index contributed by atoms with van der Waals surface area (Å²) in [6.07, 6.45) is 1.12. The fraction of sp³-hybridized carbons (Fsp3) is 0.300. The maximum atomic E-state index is 13.5. The van der Waals surface area contributed by atoms with E-state index < -0.39 is 6.09 Å². The zero-order chi connectivity index (χ0) is 27.5. The Bertz CT molecular complexity index is 1520. The van der Waals surface area contributed by atoms with Crippen LogP contribution in [0.3, 0.4) is 0 Å². The van der Waals surface area contributed by atoms with Gasteiger partial charge < -0.3 is 19.2 Å². The summed E-state index contributed by atoms with van der Waals surface area (Å²) in [6, 6.07) is 20.4. The fourth-order valence-corrected chi connectivity index (χ4v) is 5.46. The lowest BCUT2D eigenvalue weighted by Crippen LogP contribution is -2.42. The predicted molar refractivity (Wildman–Crippen MR) is 152 cm³/mol. The number of H-pyrrole nitrogens is 1. The molecule has 3 heterocycles. The molecule has 4 aromatic rings. The molecule has 40 heavy (non-hydrogen) atoms. The Morgan fingerprint density at radius 2 is 1.80 bits per heavy atom. The van der Waals surface area contributed by atoms with Gasteiger partial charge in [-0.05, 0) is 72.1 Å². The molecule has 0 radical (unpaired) electrons. The first-order valence-electron chi connectivity index (χ1n) is 13.4. The van der Waals surface area contributed by atoms with Crippen molar-refractivity contribution >= 4 is 28.6 Å².